The molecular weight excluding hydrogens is 362 g/mol. The molecule has 1 spiro atoms. The first-order chi connectivity index (χ1) is 13.9. The van der Waals surface area contributed by atoms with E-state index in [-0.39, 0.29) is 17.7 Å². The number of likely N-dealkylation sites (N-methyl/N-ethyl adjacent to an activating group) is 1. The Kier molecular flexibility index (Phi) is 3.35. The van der Waals surface area contributed by atoms with Crippen molar-refractivity contribution in [2.45, 2.75) is 55.1 Å². The maximum absolute atomic E-state index is 13.7. The average Bonchev–Trinajstić information content (AvgIpc) is 3.60. The molecule has 6 rings (SSSR count). The molecule has 3 heterocycles. The Morgan fingerprint density at radius 2 is 1.62 bits per heavy atom. The van der Waals surface area contributed by atoms with E-state index in [0.29, 0.717) is 24.1 Å². The fourth-order valence-electron chi connectivity index (χ4n) is 6.60. The summed E-state index contributed by atoms with van der Waals surface area (Å²) in [6.45, 7) is 1.99. The van der Waals surface area contributed by atoms with Crippen molar-refractivity contribution in [2.24, 2.45) is 5.92 Å². The van der Waals surface area contributed by atoms with E-state index in [1.165, 1.54) is 0 Å². The Morgan fingerprint density at radius 3 is 2.14 bits per heavy atom. The van der Waals surface area contributed by atoms with Crippen LogP contribution in [0.25, 0.3) is 0 Å². The molecule has 4 nitrogen and oxygen atoms in total. The highest BCUT2D eigenvalue weighted by atomic mass is 16.7. The van der Waals surface area contributed by atoms with Crippen molar-refractivity contribution >= 4 is 5.97 Å². The van der Waals surface area contributed by atoms with Crippen molar-refractivity contribution in [2.75, 3.05) is 14.1 Å². The van der Waals surface area contributed by atoms with Gasteiger partial charge in [-0.15, -0.1) is 0 Å². The van der Waals surface area contributed by atoms with Crippen LogP contribution in [-0.2, 0) is 19.7 Å². The first kappa shape index (κ1) is 17.7. The number of ether oxygens (including phenoxy) is 2. The summed E-state index contributed by atoms with van der Waals surface area (Å²) < 4.78 is 13.3. The first-order valence-electron chi connectivity index (χ1n) is 10.7. The molecular formula is C25H28NO3+. The van der Waals surface area contributed by atoms with Gasteiger partial charge in [0, 0.05) is 12.8 Å². The van der Waals surface area contributed by atoms with Gasteiger partial charge in [0.2, 0.25) is 0 Å². The second kappa shape index (κ2) is 5.50. The van der Waals surface area contributed by atoms with E-state index in [1.807, 2.05) is 67.6 Å². The average molecular weight is 391 g/mol. The van der Waals surface area contributed by atoms with Gasteiger partial charge in [-0.25, -0.2) is 0 Å². The molecule has 4 fully saturated rings. The number of esters is 1. The summed E-state index contributed by atoms with van der Waals surface area (Å²) >= 11 is 0. The lowest BCUT2D eigenvalue weighted by molar-refractivity contribution is -0.936. The third-order valence-electron chi connectivity index (χ3n) is 8.42. The van der Waals surface area contributed by atoms with Crippen molar-refractivity contribution in [1.29, 1.82) is 0 Å². The van der Waals surface area contributed by atoms with Crippen LogP contribution in [-0.4, -0.2) is 54.4 Å². The molecule has 2 aromatic rings. The molecule has 6 atom stereocenters. The summed E-state index contributed by atoms with van der Waals surface area (Å²) in [6, 6.07) is 21.0. The van der Waals surface area contributed by atoms with Crippen LogP contribution in [0, 0.1) is 5.92 Å². The topological polar surface area (TPSA) is 38.8 Å². The Labute approximate surface area is 172 Å². The lowest BCUT2D eigenvalue weighted by Gasteiger charge is -2.45. The van der Waals surface area contributed by atoms with Crippen molar-refractivity contribution in [3.8, 4) is 0 Å². The van der Waals surface area contributed by atoms with E-state index < -0.39 is 5.41 Å². The van der Waals surface area contributed by atoms with E-state index in [2.05, 4.69) is 14.1 Å². The van der Waals surface area contributed by atoms with Crippen molar-refractivity contribution in [1.82, 2.24) is 0 Å². The molecule has 0 amide bonds. The summed E-state index contributed by atoms with van der Waals surface area (Å²) in [5.41, 5.74) is 1.25. The third-order valence-corrected chi connectivity index (χ3v) is 8.42. The maximum atomic E-state index is 13.7. The zero-order valence-electron chi connectivity index (χ0n) is 17.2. The zero-order chi connectivity index (χ0) is 20.0. The van der Waals surface area contributed by atoms with Crippen LogP contribution in [0.3, 0.4) is 0 Å². The standard InChI is InChI=1S/C25H28NO3/c1-24(16-10-6-4-7-11-16,17-12-8-5-9-13-17)23(27)28-18-14-19-21-22-25(21,29-22)20(15-18)26(19,2)3/h4-13,18-22H,14-15H2,1-3H3/q+1/t18-,19?,20?,21?,22?,25+/m0/s1. The van der Waals surface area contributed by atoms with Gasteiger partial charge in [-0.3, -0.25) is 4.79 Å². The number of hydrogen-bond acceptors (Lipinski definition) is 3. The molecule has 4 aliphatic rings. The first-order valence-corrected chi connectivity index (χ1v) is 10.7. The minimum atomic E-state index is -0.816. The Bertz CT molecular complexity index is 933. The number of hydrogen-bond donors (Lipinski definition) is 0. The van der Waals surface area contributed by atoms with E-state index in [9.17, 15) is 4.79 Å². The van der Waals surface area contributed by atoms with Gasteiger partial charge in [0.05, 0.1) is 20.0 Å². The SMILES string of the molecule is CC(C(=O)O[C@H]1CC2C3C4O[C@@]43C(C1)[N+]2(C)C)(c1ccccc1)c1ccccc1. The molecule has 3 aliphatic heterocycles. The number of piperidine rings is 2. The van der Waals surface area contributed by atoms with Crippen LogP contribution in [0.1, 0.15) is 30.9 Å². The van der Waals surface area contributed by atoms with Gasteiger partial charge in [-0.05, 0) is 18.1 Å². The van der Waals surface area contributed by atoms with E-state index in [1.54, 1.807) is 0 Å². The highest BCUT2D eigenvalue weighted by molar-refractivity contribution is 5.87. The second-order valence-electron chi connectivity index (χ2n) is 9.99. The molecule has 0 N–H and O–H groups in total. The van der Waals surface area contributed by atoms with E-state index in [4.69, 9.17) is 9.47 Å². The largest absolute Gasteiger partial charge is 0.461 e. The van der Waals surface area contributed by atoms with Gasteiger partial charge >= 0.3 is 5.97 Å². The Hall–Kier alpha value is -2.17. The quantitative estimate of drug-likeness (QED) is 0.457. The number of fused-ring (bicyclic) bond motifs is 4. The lowest BCUT2D eigenvalue weighted by atomic mass is 9.76. The van der Waals surface area contributed by atoms with Crippen LogP contribution < -0.4 is 0 Å². The number of carbonyl (C=O) groups excluding carboxylic acids is 1. The summed E-state index contributed by atoms with van der Waals surface area (Å²) in [5.74, 6) is 0.534. The molecule has 2 aromatic carbocycles. The van der Waals surface area contributed by atoms with Crippen molar-refractivity contribution < 1.29 is 18.8 Å². The molecule has 2 bridgehead atoms. The molecule has 150 valence electrons. The minimum Gasteiger partial charge on any atom is -0.461 e. The van der Waals surface area contributed by atoms with Crippen LogP contribution in [0.2, 0.25) is 0 Å². The highest BCUT2D eigenvalue weighted by Crippen LogP contribution is 2.77. The third kappa shape index (κ3) is 2.14. The molecule has 3 saturated heterocycles. The van der Waals surface area contributed by atoms with Crippen LogP contribution in [0.15, 0.2) is 60.7 Å². The number of carbonyl (C=O) groups is 1. The van der Waals surface area contributed by atoms with Crippen molar-refractivity contribution in [3.63, 3.8) is 0 Å². The molecule has 1 saturated carbocycles. The number of benzene rings is 2. The molecule has 4 heteroatoms. The van der Waals surface area contributed by atoms with Crippen LogP contribution in [0.4, 0.5) is 0 Å². The monoisotopic (exact) mass is 390 g/mol. The summed E-state index contributed by atoms with van der Waals surface area (Å²) in [6.07, 6.45) is 2.32. The molecule has 0 radical (unpaired) electrons. The van der Waals surface area contributed by atoms with Gasteiger partial charge in [-0.2, -0.15) is 0 Å². The van der Waals surface area contributed by atoms with Gasteiger partial charge in [0.15, 0.2) is 5.60 Å². The normalized spacial score (nSPS) is 38.0. The maximum Gasteiger partial charge on any atom is 0.321 e. The van der Waals surface area contributed by atoms with Crippen molar-refractivity contribution in [3.05, 3.63) is 71.8 Å². The van der Waals surface area contributed by atoms with Crippen LogP contribution in [0.5, 0.6) is 0 Å². The predicted molar refractivity (Wildman–Crippen MR) is 109 cm³/mol. The van der Waals surface area contributed by atoms with Gasteiger partial charge < -0.3 is 14.0 Å². The zero-order valence-corrected chi connectivity index (χ0v) is 17.2. The summed E-state index contributed by atoms with van der Waals surface area (Å²) in [5, 5.41) is 0. The smallest absolute Gasteiger partial charge is 0.321 e. The second-order valence-corrected chi connectivity index (χ2v) is 9.99. The van der Waals surface area contributed by atoms with Crippen LogP contribution >= 0.6 is 0 Å². The molecule has 4 unspecified atom stereocenters. The molecule has 1 aliphatic carbocycles. The molecule has 0 aromatic heterocycles. The van der Waals surface area contributed by atoms with E-state index >= 15 is 0 Å². The van der Waals surface area contributed by atoms with Gasteiger partial charge in [0.1, 0.15) is 29.7 Å². The highest BCUT2D eigenvalue weighted by Gasteiger charge is 2.97. The number of nitrogens with zero attached hydrogens (tertiary/aromatic N) is 1. The van der Waals surface area contributed by atoms with Gasteiger partial charge in [0.25, 0.3) is 0 Å². The number of rotatable bonds is 4. The van der Waals surface area contributed by atoms with Gasteiger partial charge in [-0.1, -0.05) is 60.7 Å². The lowest BCUT2D eigenvalue weighted by Crippen LogP contribution is -2.60. The predicted octanol–water partition coefficient (Wildman–Crippen LogP) is 3.29. The minimum absolute atomic E-state index is 0.0255. The fraction of sp³-hybridized carbons (Fsp3) is 0.480. The number of quaternary nitrogens is 1. The van der Waals surface area contributed by atoms with E-state index in [0.717, 1.165) is 28.5 Å². The fourth-order valence-corrected chi connectivity index (χ4v) is 6.60. The Morgan fingerprint density at radius 1 is 1.03 bits per heavy atom. The summed E-state index contributed by atoms with van der Waals surface area (Å²) in [4.78, 5) is 13.7. The molecule has 29 heavy (non-hydrogen) atoms. The number of epoxide rings is 1. The summed E-state index contributed by atoms with van der Waals surface area (Å²) in [7, 11) is 4.65. The Balaban J connectivity index is 1.29.